The minimum Gasteiger partial charge on any atom is -0.493 e. The van der Waals surface area contributed by atoms with E-state index in [0.717, 1.165) is 32.0 Å². The molecule has 106 valence electrons. The molecule has 1 atom stereocenters. The minimum absolute atomic E-state index is 0.115. The molecule has 1 saturated heterocycles. The lowest BCUT2D eigenvalue weighted by Gasteiger charge is -2.20. The Labute approximate surface area is 111 Å². The standard InChI is InChI=1S/C14H19F2NO2/c1-14(15,16)11-6-10(9-4-5-17-8-9)7-12(18-2)13(11)19-3/h6-7,9,17H,4-5,8H2,1-3H3. The highest BCUT2D eigenvalue weighted by atomic mass is 19.3. The van der Waals surface area contributed by atoms with Gasteiger partial charge >= 0.3 is 0 Å². The fraction of sp³-hybridized carbons (Fsp3) is 0.571. The molecule has 1 aromatic rings. The van der Waals surface area contributed by atoms with Gasteiger partial charge in [0.1, 0.15) is 0 Å². The van der Waals surface area contributed by atoms with Crippen molar-refractivity contribution in [3.8, 4) is 11.5 Å². The largest absolute Gasteiger partial charge is 0.493 e. The maximum atomic E-state index is 13.7. The van der Waals surface area contributed by atoms with Gasteiger partial charge in [-0.3, -0.25) is 0 Å². The highest BCUT2D eigenvalue weighted by molar-refractivity contribution is 5.52. The quantitative estimate of drug-likeness (QED) is 0.913. The van der Waals surface area contributed by atoms with Crippen LogP contribution in [0, 0.1) is 0 Å². The van der Waals surface area contributed by atoms with Gasteiger partial charge in [-0.1, -0.05) is 0 Å². The maximum absolute atomic E-state index is 13.7. The molecule has 3 nitrogen and oxygen atoms in total. The van der Waals surface area contributed by atoms with Crippen LogP contribution in [0.5, 0.6) is 11.5 Å². The van der Waals surface area contributed by atoms with Gasteiger partial charge in [-0.15, -0.1) is 0 Å². The molecule has 0 radical (unpaired) electrons. The summed E-state index contributed by atoms with van der Waals surface area (Å²) >= 11 is 0. The summed E-state index contributed by atoms with van der Waals surface area (Å²) in [5, 5.41) is 3.24. The second-order valence-electron chi connectivity index (χ2n) is 4.88. The van der Waals surface area contributed by atoms with Crippen LogP contribution >= 0.6 is 0 Å². The van der Waals surface area contributed by atoms with Crippen LogP contribution in [0.3, 0.4) is 0 Å². The third-order valence-corrected chi connectivity index (χ3v) is 3.51. The molecule has 1 heterocycles. The van der Waals surface area contributed by atoms with Crippen molar-refractivity contribution in [3.05, 3.63) is 23.3 Å². The van der Waals surface area contributed by atoms with Crippen LogP contribution in [0.1, 0.15) is 30.4 Å². The first kappa shape index (κ1) is 14.1. The molecule has 1 fully saturated rings. The summed E-state index contributed by atoms with van der Waals surface area (Å²) in [6.45, 7) is 2.60. The molecule has 0 saturated carbocycles. The molecule has 1 aromatic carbocycles. The molecule has 1 aliphatic rings. The highest BCUT2D eigenvalue weighted by Crippen LogP contribution is 2.43. The summed E-state index contributed by atoms with van der Waals surface area (Å²) < 4.78 is 37.8. The Bertz CT molecular complexity index is 451. The first-order valence-corrected chi connectivity index (χ1v) is 6.32. The normalized spacial score (nSPS) is 19.5. The zero-order valence-electron chi connectivity index (χ0n) is 11.4. The highest BCUT2D eigenvalue weighted by Gasteiger charge is 2.32. The van der Waals surface area contributed by atoms with E-state index in [1.807, 2.05) is 0 Å². The van der Waals surface area contributed by atoms with E-state index in [1.54, 1.807) is 12.1 Å². The number of hydrogen-bond donors (Lipinski definition) is 1. The smallest absolute Gasteiger partial charge is 0.274 e. The summed E-state index contributed by atoms with van der Waals surface area (Å²) in [6.07, 6.45) is 0.949. The third kappa shape index (κ3) is 2.81. The Hall–Kier alpha value is -1.36. The number of nitrogens with one attached hydrogen (secondary N) is 1. The van der Waals surface area contributed by atoms with Gasteiger partial charge in [-0.25, -0.2) is 8.78 Å². The molecule has 2 rings (SSSR count). The second-order valence-corrected chi connectivity index (χ2v) is 4.88. The van der Waals surface area contributed by atoms with Crippen LogP contribution in [0.25, 0.3) is 0 Å². The number of rotatable bonds is 4. The van der Waals surface area contributed by atoms with Crippen LogP contribution in [0.15, 0.2) is 12.1 Å². The molecule has 0 aromatic heterocycles. The van der Waals surface area contributed by atoms with E-state index in [9.17, 15) is 8.78 Å². The van der Waals surface area contributed by atoms with Gasteiger partial charge in [0.15, 0.2) is 11.5 Å². The van der Waals surface area contributed by atoms with E-state index < -0.39 is 5.92 Å². The van der Waals surface area contributed by atoms with E-state index in [-0.39, 0.29) is 17.2 Å². The summed E-state index contributed by atoms with van der Waals surface area (Å²) in [5.74, 6) is -2.23. The average molecular weight is 271 g/mol. The molecule has 0 bridgehead atoms. The number of ether oxygens (including phenoxy) is 2. The van der Waals surface area contributed by atoms with Crippen LogP contribution in [-0.4, -0.2) is 27.3 Å². The van der Waals surface area contributed by atoms with E-state index >= 15 is 0 Å². The van der Waals surface area contributed by atoms with Crippen molar-refractivity contribution in [3.63, 3.8) is 0 Å². The molecule has 0 aliphatic carbocycles. The van der Waals surface area contributed by atoms with Crippen LogP contribution in [-0.2, 0) is 5.92 Å². The van der Waals surface area contributed by atoms with Crippen LogP contribution < -0.4 is 14.8 Å². The lowest BCUT2D eigenvalue weighted by atomic mass is 9.94. The van der Waals surface area contributed by atoms with Gasteiger partial charge in [-0.05, 0) is 36.6 Å². The first-order chi connectivity index (χ1) is 8.97. The number of halogens is 2. The molecule has 1 unspecified atom stereocenters. The molecule has 0 spiro atoms. The van der Waals surface area contributed by atoms with E-state index in [2.05, 4.69) is 5.32 Å². The van der Waals surface area contributed by atoms with Crippen molar-refractivity contribution in [2.24, 2.45) is 0 Å². The van der Waals surface area contributed by atoms with Gasteiger partial charge in [0, 0.05) is 13.5 Å². The molecule has 0 amide bonds. The first-order valence-electron chi connectivity index (χ1n) is 6.32. The lowest BCUT2D eigenvalue weighted by Crippen LogP contribution is -2.13. The molecule has 19 heavy (non-hydrogen) atoms. The summed E-state index contributed by atoms with van der Waals surface area (Å²) in [6, 6.07) is 3.34. The van der Waals surface area contributed by atoms with E-state index in [4.69, 9.17) is 9.47 Å². The van der Waals surface area contributed by atoms with Gasteiger partial charge < -0.3 is 14.8 Å². The Balaban J connectivity index is 2.52. The molecule has 5 heteroatoms. The van der Waals surface area contributed by atoms with E-state index in [0.29, 0.717) is 5.75 Å². The van der Waals surface area contributed by atoms with Crippen molar-refractivity contribution in [1.82, 2.24) is 5.32 Å². The number of hydrogen-bond acceptors (Lipinski definition) is 3. The summed E-state index contributed by atoms with van der Waals surface area (Å²) in [4.78, 5) is 0. The van der Waals surface area contributed by atoms with Crippen molar-refractivity contribution < 1.29 is 18.3 Å². The monoisotopic (exact) mass is 271 g/mol. The molecular weight excluding hydrogens is 252 g/mol. The number of benzene rings is 1. The number of methoxy groups -OCH3 is 2. The van der Waals surface area contributed by atoms with Crippen LogP contribution in [0.4, 0.5) is 8.78 Å². The number of alkyl halides is 2. The van der Waals surface area contributed by atoms with Crippen molar-refractivity contribution in [2.45, 2.75) is 25.2 Å². The zero-order chi connectivity index (χ0) is 14.0. The lowest BCUT2D eigenvalue weighted by molar-refractivity contribution is 0.0146. The Morgan fingerprint density at radius 3 is 2.47 bits per heavy atom. The average Bonchev–Trinajstić information content (AvgIpc) is 2.89. The summed E-state index contributed by atoms with van der Waals surface area (Å²) in [7, 11) is 2.84. The maximum Gasteiger partial charge on any atom is 0.274 e. The van der Waals surface area contributed by atoms with Gasteiger partial charge in [0.25, 0.3) is 5.92 Å². The van der Waals surface area contributed by atoms with Gasteiger partial charge in [-0.2, -0.15) is 0 Å². The zero-order valence-corrected chi connectivity index (χ0v) is 11.4. The van der Waals surface area contributed by atoms with Gasteiger partial charge in [0.2, 0.25) is 0 Å². The predicted octanol–water partition coefficient (Wildman–Crippen LogP) is 2.89. The predicted molar refractivity (Wildman–Crippen MR) is 69.3 cm³/mol. The molecule has 1 N–H and O–H groups in total. The van der Waals surface area contributed by atoms with Crippen LogP contribution in [0.2, 0.25) is 0 Å². The second kappa shape index (κ2) is 5.33. The van der Waals surface area contributed by atoms with Crippen molar-refractivity contribution in [1.29, 1.82) is 0 Å². The Morgan fingerprint density at radius 1 is 1.26 bits per heavy atom. The van der Waals surface area contributed by atoms with Crippen molar-refractivity contribution >= 4 is 0 Å². The Kier molecular flexibility index (Phi) is 3.94. The third-order valence-electron chi connectivity index (χ3n) is 3.51. The van der Waals surface area contributed by atoms with E-state index in [1.165, 1.54) is 14.2 Å². The van der Waals surface area contributed by atoms with Gasteiger partial charge in [0.05, 0.1) is 19.8 Å². The SMILES string of the molecule is COc1cc(C2CCNC2)cc(C(C)(F)F)c1OC. The Morgan fingerprint density at radius 2 is 2.00 bits per heavy atom. The fourth-order valence-corrected chi connectivity index (χ4v) is 2.49. The molecular formula is C14H19F2NO2. The van der Waals surface area contributed by atoms with Crippen molar-refractivity contribution in [2.75, 3.05) is 27.3 Å². The fourth-order valence-electron chi connectivity index (χ4n) is 2.49. The minimum atomic E-state index is -2.96. The molecule has 1 aliphatic heterocycles. The summed E-state index contributed by atoms with van der Waals surface area (Å²) in [5.41, 5.74) is 0.760. The topological polar surface area (TPSA) is 30.5 Å².